The summed E-state index contributed by atoms with van der Waals surface area (Å²) in [6.45, 7) is 0. The first kappa shape index (κ1) is 30.0. The molecule has 0 amide bonds. The Morgan fingerprint density at radius 3 is 1.25 bits per heavy atom. The van der Waals surface area contributed by atoms with Gasteiger partial charge in [-0.3, -0.25) is 0 Å². The van der Waals surface area contributed by atoms with Crippen molar-refractivity contribution in [3.8, 4) is 0 Å². The molecule has 0 spiro atoms. The van der Waals surface area contributed by atoms with Crippen molar-refractivity contribution in [3.05, 3.63) is 7.43 Å². The maximum Gasteiger partial charge on any atom is 1.00 e. The van der Waals surface area contributed by atoms with E-state index >= 15 is 0 Å². The molecule has 0 atom stereocenters. The Hall–Kier alpha value is 2.68. The molecule has 0 heterocycles. The molecule has 3 heteroatoms. The second-order valence-electron chi connectivity index (χ2n) is 0. The van der Waals surface area contributed by atoms with Crippen molar-refractivity contribution in [1.82, 2.24) is 0 Å². The van der Waals surface area contributed by atoms with Crippen LogP contribution in [0.15, 0.2) is 0 Å². The van der Waals surface area contributed by atoms with Crippen LogP contribution in [0.4, 0.5) is 0 Å². The van der Waals surface area contributed by atoms with Crippen molar-refractivity contribution in [2.45, 2.75) is 0 Å². The van der Waals surface area contributed by atoms with E-state index in [1.54, 1.807) is 0 Å². The van der Waals surface area contributed by atoms with Crippen LogP contribution in [0, 0.1) is 43.0 Å². The van der Waals surface area contributed by atoms with Gasteiger partial charge in [0, 0.05) is 61.8 Å². The summed E-state index contributed by atoms with van der Waals surface area (Å²) in [6.07, 6.45) is 0. The quantitative estimate of drug-likeness (QED) is 0.332. The Kier molecular flexibility index (Phi) is 130. The van der Waals surface area contributed by atoms with Crippen LogP contribution in [0.3, 0.4) is 0 Å². The van der Waals surface area contributed by atoms with Crippen LogP contribution in [-0.4, -0.2) is 0 Å². The first-order valence-corrected chi connectivity index (χ1v) is 0. The van der Waals surface area contributed by atoms with Crippen LogP contribution in [-0.2, 0) is 26.2 Å². The van der Waals surface area contributed by atoms with Gasteiger partial charge in [0.15, 0.2) is 0 Å². The summed E-state index contributed by atoms with van der Waals surface area (Å²) < 4.78 is 0. The van der Waals surface area contributed by atoms with E-state index in [1.807, 2.05) is 0 Å². The van der Waals surface area contributed by atoms with Gasteiger partial charge in [0.2, 0.25) is 0 Å². The smallest absolute Gasteiger partial charge is 1.00 e. The van der Waals surface area contributed by atoms with Crippen molar-refractivity contribution in [1.29, 1.82) is 0 Å². The van der Waals surface area contributed by atoms with Crippen molar-refractivity contribution in [2.75, 3.05) is 0 Å². The Morgan fingerprint density at radius 2 is 1.25 bits per heavy atom. The van der Waals surface area contributed by atoms with Gasteiger partial charge in [-0.2, -0.15) is 0 Å². The molecule has 1 radical (unpaired) electrons. The van der Waals surface area contributed by atoms with Crippen LogP contribution < -0.4 is 18.9 Å². The van der Waals surface area contributed by atoms with E-state index < -0.39 is 0 Å². The topological polar surface area (TPSA) is 0 Å². The van der Waals surface area contributed by atoms with Gasteiger partial charge in [0.1, 0.15) is 0 Å². The molecule has 0 unspecified atom stereocenters. The zero-order valence-corrected chi connectivity index (χ0v) is 9.16. The zero-order valence-electron chi connectivity index (χ0n) is 4.08. The zero-order chi connectivity index (χ0) is 0. The molecule has 0 saturated heterocycles. The van der Waals surface area contributed by atoms with Gasteiger partial charge >= 0.3 is 18.9 Å². The van der Waals surface area contributed by atoms with E-state index in [9.17, 15) is 0 Å². The Morgan fingerprint density at radius 1 is 1.25 bits per heavy atom. The van der Waals surface area contributed by atoms with Crippen LogP contribution in [0.25, 0.3) is 0 Å². The van der Waals surface area contributed by atoms with E-state index in [2.05, 4.69) is 0 Å². The average Bonchev–Trinajstić information content (AvgIpc) is 0. The predicted octanol–water partition coefficient (Wildman–Crippen LogP) is -2.44. The fourth-order valence-corrected chi connectivity index (χ4v) is 0. The maximum atomic E-state index is 0. The van der Waals surface area contributed by atoms with Crippen LogP contribution in [0.1, 0.15) is 1.43 Å². The normalized spacial score (nSPS) is 0. The van der Waals surface area contributed by atoms with Crippen molar-refractivity contribution >= 4 is 0 Å². The van der Waals surface area contributed by atoms with Crippen molar-refractivity contribution < 1.29 is 82.1 Å². The van der Waals surface area contributed by atoms with Gasteiger partial charge < -0.3 is 8.85 Å². The number of hydrogen-bond acceptors (Lipinski definition) is 0. The minimum atomic E-state index is 0. The molecule has 0 bridgehead atoms. The molecule has 0 rings (SSSR count). The second kappa shape index (κ2) is 17.3. The summed E-state index contributed by atoms with van der Waals surface area (Å²) in [7, 11) is 0. The van der Waals surface area contributed by atoms with E-state index in [0.717, 1.165) is 0 Å². The Bertz CT molecular complexity index is 11.6. The fraction of sp³-hybridized carbons (Fsp3) is 0. The molecule has 0 saturated carbocycles. The molecule has 0 fully saturated rings. The summed E-state index contributed by atoms with van der Waals surface area (Å²) in [5, 5.41) is 0. The molecule has 0 N–H and O–H groups in total. The molecule has 0 nitrogen and oxygen atoms in total. The summed E-state index contributed by atoms with van der Waals surface area (Å²) in [4.78, 5) is 0. The van der Waals surface area contributed by atoms with Crippen LogP contribution >= 0.6 is 0 Å². The molecule has 0 aliphatic carbocycles. The first-order chi connectivity index (χ1) is 0. The number of hydrogen-bond donors (Lipinski definition) is 0. The molecular weight excluding hydrogens is 249 g/mol. The SMILES string of the molecule is [CH3-].[H-].[La].[Li+].[Zr]. The third-order valence-corrected chi connectivity index (χ3v) is 0. The maximum absolute atomic E-state index is 0. The van der Waals surface area contributed by atoms with E-state index in [4.69, 9.17) is 0 Å². The molecule has 0 aliphatic heterocycles. The van der Waals surface area contributed by atoms with Gasteiger partial charge in [0.05, 0.1) is 0 Å². The summed E-state index contributed by atoms with van der Waals surface area (Å²) in [6, 6.07) is 0. The minimum absolute atomic E-state index is 0. The third-order valence-electron chi connectivity index (χ3n) is 0. The molecular formula is CH4LaLiZr-. The van der Waals surface area contributed by atoms with Crippen LogP contribution in [0.5, 0.6) is 0 Å². The summed E-state index contributed by atoms with van der Waals surface area (Å²) in [5.74, 6) is 0. The second-order valence-corrected chi connectivity index (χ2v) is 0. The molecule has 0 aromatic carbocycles. The van der Waals surface area contributed by atoms with Gasteiger partial charge in [0.25, 0.3) is 0 Å². The standard InChI is InChI=1S/CH3.La.Li.Zr.H/h1H3;;;;/q-1;;+1;;-1. The van der Waals surface area contributed by atoms with Gasteiger partial charge in [-0.15, -0.1) is 0 Å². The van der Waals surface area contributed by atoms with Crippen LogP contribution in [0.2, 0.25) is 0 Å². The summed E-state index contributed by atoms with van der Waals surface area (Å²) >= 11 is 0. The van der Waals surface area contributed by atoms with Crippen molar-refractivity contribution in [3.63, 3.8) is 0 Å². The van der Waals surface area contributed by atoms with Crippen molar-refractivity contribution in [2.24, 2.45) is 0 Å². The predicted molar refractivity (Wildman–Crippen MR) is 7.53 cm³/mol. The molecule has 17 valence electrons. The molecule has 0 aliphatic rings. The minimum Gasteiger partial charge on any atom is -1.00 e. The molecule has 4 heavy (non-hydrogen) atoms. The monoisotopic (exact) mass is 252 g/mol. The summed E-state index contributed by atoms with van der Waals surface area (Å²) in [5.41, 5.74) is 0. The van der Waals surface area contributed by atoms with E-state index in [-0.39, 0.29) is 89.5 Å². The first-order valence-electron chi connectivity index (χ1n) is 0. The number of rotatable bonds is 0. The Labute approximate surface area is 87.9 Å². The Balaban J connectivity index is 0. The average molecular weight is 253 g/mol. The van der Waals surface area contributed by atoms with Gasteiger partial charge in [-0.1, -0.05) is 0 Å². The van der Waals surface area contributed by atoms with Gasteiger partial charge in [-0.25, -0.2) is 0 Å². The largest absolute Gasteiger partial charge is 1.00 e. The van der Waals surface area contributed by atoms with E-state index in [1.165, 1.54) is 0 Å². The van der Waals surface area contributed by atoms with E-state index in [0.29, 0.717) is 0 Å². The third kappa shape index (κ3) is 8.82. The molecule has 0 aromatic heterocycles. The van der Waals surface area contributed by atoms with Gasteiger partial charge in [-0.05, 0) is 0 Å². The fourth-order valence-electron chi connectivity index (χ4n) is 0. The molecule has 0 aromatic rings.